The van der Waals surface area contributed by atoms with Crippen molar-refractivity contribution in [3.63, 3.8) is 0 Å². The fourth-order valence-corrected chi connectivity index (χ4v) is 4.98. The second-order valence-electron chi connectivity index (χ2n) is 9.90. The number of carbonyl (C=O) groups is 5. The predicted octanol–water partition coefficient (Wildman–Crippen LogP) is 3.70. The highest BCUT2D eigenvalue weighted by atomic mass is 16.6. The molecule has 1 aliphatic rings. The van der Waals surface area contributed by atoms with E-state index in [-0.39, 0.29) is 45.4 Å². The molecule has 3 N–H and O–H groups in total. The van der Waals surface area contributed by atoms with Crippen molar-refractivity contribution in [3.05, 3.63) is 59.2 Å². The Kier molecular flexibility index (Phi) is 9.16. The van der Waals surface area contributed by atoms with Crippen molar-refractivity contribution in [2.24, 2.45) is 0 Å². The normalized spacial score (nSPS) is 16.8. The van der Waals surface area contributed by atoms with E-state index in [1.54, 1.807) is 0 Å². The molecule has 0 bridgehead atoms. The Morgan fingerprint density at radius 1 is 0.622 bits per heavy atom. The summed E-state index contributed by atoms with van der Waals surface area (Å²) in [5, 5.41) is 32.0. The third-order valence-electron chi connectivity index (χ3n) is 6.32. The van der Waals surface area contributed by atoms with Gasteiger partial charge in [-0.05, 0) is 12.1 Å². The van der Waals surface area contributed by atoms with Gasteiger partial charge in [0.25, 0.3) is 0 Å². The van der Waals surface area contributed by atoms with Crippen LogP contribution in [0.15, 0.2) is 42.5 Å². The van der Waals surface area contributed by atoms with Crippen LogP contribution in [0.5, 0.6) is 46.0 Å². The number of carbonyl (C=O) groups excluding carboxylic acids is 5. The van der Waals surface area contributed by atoms with Crippen LogP contribution in [0.25, 0.3) is 0 Å². The molecule has 3 aromatic carbocycles. The fraction of sp³-hybridized carbons (Fsp3) is 0.258. The van der Waals surface area contributed by atoms with E-state index in [0.717, 1.165) is 46.8 Å². The van der Waals surface area contributed by atoms with Gasteiger partial charge in [-0.15, -0.1) is 0 Å². The van der Waals surface area contributed by atoms with Crippen molar-refractivity contribution in [2.75, 3.05) is 0 Å². The van der Waals surface area contributed by atoms with Crippen LogP contribution in [0.3, 0.4) is 0 Å². The average Bonchev–Trinajstić information content (AvgIpc) is 2.88. The lowest BCUT2D eigenvalue weighted by atomic mass is 9.78. The number of hydrogen-bond donors (Lipinski definition) is 3. The number of hydrogen-bond acceptors (Lipinski definition) is 14. The number of phenols is 3. The zero-order valence-electron chi connectivity index (χ0n) is 24.6. The maximum absolute atomic E-state index is 12.5. The molecule has 0 radical (unpaired) electrons. The zero-order chi connectivity index (χ0) is 33.2. The first-order valence-corrected chi connectivity index (χ1v) is 13.3. The smallest absolute Gasteiger partial charge is 0.308 e. The van der Waals surface area contributed by atoms with E-state index in [1.807, 2.05) is 0 Å². The molecule has 0 saturated carbocycles. The van der Waals surface area contributed by atoms with Gasteiger partial charge in [-0.2, -0.15) is 0 Å². The topological polar surface area (TPSA) is 201 Å². The minimum atomic E-state index is -1.45. The predicted molar refractivity (Wildman–Crippen MR) is 150 cm³/mol. The first-order valence-electron chi connectivity index (χ1n) is 13.3. The Labute approximate surface area is 255 Å². The van der Waals surface area contributed by atoms with Crippen LogP contribution >= 0.6 is 0 Å². The number of benzene rings is 3. The summed E-state index contributed by atoms with van der Waals surface area (Å²) in [6.45, 7) is 5.62. The second kappa shape index (κ2) is 12.8. The van der Waals surface area contributed by atoms with Gasteiger partial charge < -0.3 is 43.7 Å². The summed E-state index contributed by atoms with van der Waals surface area (Å²) < 4.78 is 33.1. The Bertz CT molecular complexity index is 1690. The van der Waals surface area contributed by atoms with Crippen molar-refractivity contribution in [1.29, 1.82) is 0 Å². The van der Waals surface area contributed by atoms with Gasteiger partial charge in [0.1, 0.15) is 34.5 Å². The first kappa shape index (κ1) is 32.1. The van der Waals surface area contributed by atoms with Crippen LogP contribution in [0.1, 0.15) is 63.3 Å². The molecule has 1 heterocycles. The van der Waals surface area contributed by atoms with Gasteiger partial charge in [0.2, 0.25) is 0 Å². The zero-order valence-corrected chi connectivity index (χ0v) is 24.6. The molecule has 0 aliphatic carbocycles. The molecule has 236 valence electrons. The highest BCUT2D eigenvalue weighted by Gasteiger charge is 2.47. The molecular weight excluding hydrogens is 596 g/mol. The quantitative estimate of drug-likeness (QED) is 0.254. The van der Waals surface area contributed by atoms with Crippen LogP contribution in [0.2, 0.25) is 0 Å². The van der Waals surface area contributed by atoms with Crippen molar-refractivity contribution in [1.82, 2.24) is 0 Å². The maximum Gasteiger partial charge on any atom is 0.308 e. The summed E-state index contributed by atoms with van der Waals surface area (Å²) in [6.07, 6.45) is -2.77. The minimum Gasteiger partial charge on any atom is -0.508 e. The molecule has 0 spiro atoms. The Hall–Kier alpha value is -5.79. The summed E-state index contributed by atoms with van der Waals surface area (Å²) in [5.41, 5.74) is -0.0654. The summed E-state index contributed by atoms with van der Waals surface area (Å²) in [4.78, 5) is 60.1. The number of ether oxygens (including phenoxy) is 6. The number of rotatable bonds is 7. The van der Waals surface area contributed by atoms with Gasteiger partial charge in [-0.1, -0.05) is 6.07 Å². The molecule has 3 aromatic rings. The molecule has 14 nitrogen and oxygen atoms in total. The van der Waals surface area contributed by atoms with Crippen LogP contribution in [-0.4, -0.2) is 51.3 Å². The van der Waals surface area contributed by atoms with Gasteiger partial charge >= 0.3 is 29.8 Å². The molecule has 0 fully saturated rings. The summed E-state index contributed by atoms with van der Waals surface area (Å²) in [7, 11) is 0. The van der Waals surface area contributed by atoms with E-state index >= 15 is 0 Å². The number of fused-ring (bicyclic) bond motifs is 1. The Balaban J connectivity index is 2.06. The molecule has 0 amide bonds. The summed E-state index contributed by atoms with van der Waals surface area (Å²) in [5.74, 6) is -7.60. The molecular formula is C31H28O14. The van der Waals surface area contributed by atoms with Crippen LogP contribution in [-0.2, 0) is 28.7 Å². The highest BCUT2D eigenvalue weighted by molar-refractivity contribution is 5.76. The number of esters is 5. The van der Waals surface area contributed by atoms with Crippen molar-refractivity contribution < 1.29 is 67.7 Å². The SMILES string of the molecule is CC(=O)Oc1cc(OC(C)=O)c2c(c1)O[C@H](c1ccc(OC(C)=O)c(OC(C)=O)c1)[C@@H](OC(C)=O)[C@H]2c1c(O)cc(O)cc1O. The average molecular weight is 625 g/mol. The van der Waals surface area contributed by atoms with E-state index in [2.05, 4.69) is 0 Å². The van der Waals surface area contributed by atoms with Gasteiger partial charge in [-0.25, -0.2) is 0 Å². The molecule has 0 saturated heterocycles. The summed E-state index contributed by atoms with van der Waals surface area (Å²) >= 11 is 0. The Morgan fingerprint density at radius 2 is 1.18 bits per heavy atom. The number of aromatic hydroxyl groups is 3. The maximum atomic E-state index is 12.5. The lowest BCUT2D eigenvalue weighted by Crippen LogP contribution is -2.39. The molecule has 4 rings (SSSR count). The third kappa shape index (κ3) is 7.24. The van der Waals surface area contributed by atoms with Crippen molar-refractivity contribution >= 4 is 29.8 Å². The monoisotopic (exact) mass is 624 g/mol. The minimum absolute atomic E-state index is 0.00312. The summed E-state index contributed by atoms with van der Waals surface area (Å²) in [6, 6.07) is 8.39. The molecule has 3 atom stereocenters. The van der Waals surface area contributed by atoms with Crippen LogP contribution in [0, 0.1) is 0 Å². The second-order valence-corrected chi connectivity index (χ2v) is 9.90. The van der Waals surface area contributed by atoms with E-state index in [1.165, 1.54) is 30.3 Å². The van der Waals surface area contributed by atoms with Crippen molar-refractivity contribution in [3.8, 4) is 46.0 Å². The highest BCUT2D eigenvalue weighted by Crippen LogP contribution is 2.56. The van der Waals surface area contributed by atoms with E-state index in [9.17, 15) is 39.3 Å². The van der Waals surface area contributed by atoms with Gasteiger partial charge in [0.15, 0.2) is 23.7 Å². The third-order valence-corrected chi connectivity index (χ3v) is 6.32. The first-order chi connectivity index (χ1) is 21.1. The molecule has 0 unspecified atom stereocenters. The molecule has 14 heteroatoms. The lowest BCUT2D eigenvalue weighted by molar-refractivity contribution is -0.154. The molecule has 0 aromatic heterocycles. The van der Waals surface area contributed by atoms with E-state index < -0.39 is 65.2 Å². The van der Waals surface area contributed by atoms with E-state index in [0.29, 0.717) is 0 Å². The molecule has 45 heavy (non-hydrogen) atoms. The fourth-order valence-electron chi connectivity index (χ4n) is 4.98. The lowest BCUT2D eigenvalue weighted by Gasteiger charge is -2.40. The molecule has 1 aliphatic heterocycles. The van der Waals surface area contributed by atoms with Crippen LogP contribution < -0.4 is 23.7 Å². The van der Waals surface area contributed by atoms with Crippen LogP contribution in [0.4, 0.5) is 0 Å². The van der Waals surface area contributed by atoms with Crippen molar-refractivity contribution in [2.45, 2.75) is 52.7 Å². The standard InChI is InChI=1S/C31H28O14/c1-13(32)40-20-11-25(43-16(4)35)28-26(12-20)45-30(18-6-7-23(41-14(2)33)24(8-18)42-15(3)34)31(44-17(5)36)29(28)27-21(38)9-19(37)10-22(27)39/h6-12,29-31,37-39H,1-5H3/t29-,30+,31-/m0/s1. The largest absolute Gasteiger partial charge is 0.508 e. The van der Waals surface area contributed by atoms with E-state index in [4.69, 9.17) is 28.4 Å². The van der Waals surface area contributed by atoms with Gasteiger partial charge in [-0.3, -0.25) is 24.0 Å². The number of phenolic OH excluding ortho intramolecular Hbond substituents is 3. The Morgan fingerprint density at radius 3 is 1.73 bits per heavy atom. The van der Waals surface area contributed by atoms with Gasteiger partial charge in [0, 0.05) is 75.6 Å². The van der Waals surface area contributed by atoms with Gasteiger partial charge in [0.05, 0.1) is 5.92 Å².